The first-order valence-electron chi connectivity index (χ1n) is 6.80. The number of allylic oxidation sites excluding steroid dienone is 1. The van der Waals surface area contributed by atoms with Crippen molar-refractivity contribution in [2.75, 3.05) is 0 Å². The quantitative estimate of drug-likeness (QED) is 0.408. The molecular formula is C17H20N2Si. The molecule has 0 fully saturated rings. The molecule has 0 spiro atoms. The second kappa shape index (κ2) is 6.44. The van der Waals surface area contributed by atoms with Crippen molar-refractivity contribution in [2.45, 2.75) is 19.1 Å². The van der Waals surface area contributed by atoms with Crippen LogP contribution in [0.4, 0.5) is 11.4 Å². The Balaban J connectivity index is 2.13. The van der Waals surface area contributed by atoms with Crippen LogP contribution in [0, 0.1) is 0 Å². The average Bonchev–Trinajstić information content (AvgIpc) is 2.47. The van der Waals surface area contributed by atoms with Gasteiger partial charge >= 0.3 is 0 Å². The SMILES string of the molecule is C=CC[Si](C)(C)c1ccc(N=Nc2ccccc2)cc1. The van der Waals surface area contributed by atoms with Crippen molar-refractivity contribution in [1.82, 2.24) is 0 Å². The Morgan fingerprint density at radius 1 is 0.900 bits per heavy atom. The monoisotopic (exact) mass is 280 g/mol. The third kappa shape index (κ3) is 3.74. The number of rotatable bonds is 5. The van der Waals surface area contributed by atoms with Crippen LogP contribution in [-0.2, 0) is 0 Å². The number of nitrogens with zero attached hydrogens (tertiary/aromatic N) is 2. The fourth-order valence-corrected chi connectivity index (χ4v) is 4.09. The number of benzene rings is 2. The molecule has 3 heteroatoms. The fourth-order valence-electron chi connectivity index (χ4n) is 2.07. The molecule has 0 heterocycles. The Bertz CT molecular complexity index is 586. The molecule has 2 nitrogen and oxygen atoms in total. The predicted octanol–water partition coefficient (Wildman–Crippen LogP) is 5.20. The van der Waals surface area contributed by atoms with Crippen LogP contribution < -0.4 is 5.19 Å². The molecule has 102 valence electrons. The molecule has 0 N–H and O–H groups in total. The van der Waals surface area contributed by atoms with E-state index in [9.17, 15) is 0 Å². The van der Waals surface area contributed by atoms with E-state index in [4.69, 9.17) is 0 Å². The molecule has 0 bridgehead atoms. The second-order valence-corrected chi connectivity index (χ2v) is 10.2. The van der Waals surface area contributed by atoms with Crippen molar-refractivity contribution < 1.29 is 0 Å². The van der Waals surface area contributed by atoms with Gasteiger partial charge in [-0.3, -0.25) is 0 Å². The summed E-state index contributed by atoms with van der Waals surface area (Å²) >= 11 is 0. The summed E-state index contributed by atoms with van der Waals surface area (Å²) in [7, 11) is -1.38. The molecule has 20 heavy (non-hydrogen) atoms. The van der Waals surface area contributed by atoms with Crippen LogP contribution in [0.5, 0.6) is 0 Å². The summed E-state index contributed by atoms with van der Waals surface area (Å²) in [6, 6.07) is 19.3. The van der Waals surface area contributed by atoms with Crippen LogP contribution in [-0.4, -0.2) is 8.07 Å². The smallest absolute Gasteiger partial charge is 0.0857 e. The van der Waals surface area contributed by atoms with Gasteiger partial charge in [-0.2, -0.15) is 10.2 Å². The molecule has 0 aromatic heterocycles. The topological polar surface area (TPSA) is 24.7 Å². The summed E-state index contributed by atoms with van der Waals surface area (Å²) in [6.45, 7) is 8.57. The van der Waals surface area contributed by atoms with E-state index in [-0.39, 0.29) is 0 Å². The third-order valence-electron chi connectivity index (χ3n) is 3.34. The van der Waals surface area contributed by atoms with Gasteiger partial charge in [0.05, 0.1) is 19.4 Å². The zero-order valence-electron chi connectivity index (χ0n) is 12.1. The van der Waals surface area contributed by atoms with Gasteiger partial charge in [-0.15, -0.1) is 6.58 Å². The maximum atomic E-state index is 4.27. The first-order chi connectivity index (χ1) is 9.62. The maximum absolute atomic E-state index is 4.27. The van der Waals surface area contributed by atoms with Crippen LogP contribution in [0.15, 0.2) is 77.5 Å². The van der Waals surface area contributed by atoms with Crippen molar-refractivity contribution in [2.24, 2.45) is 10.2 Å². The summed E-state index contributed by atoms with van der Waals surface area (Å²) in [5, 5.41) is 9.92. The normalized spacial score (nSPS) is 11.7. The second-order valence-electron chi connectivity index (χ2n) is 5.46. The first-order valence-corrected chi connectivity index (χ1v) is 10.0. The molecule has 0 radical (unpaired) electrons. The Morgan fingerprint density at radius 2 is 1.45 bits per heavy atom. The lowest BCUT2D eigenvalue weighted by Crippen LogP contribution is -2.40. The van der Waals surface area contributed by atoms with E-state index < -0.39 is 8.07 Å². The minimum absolute atomic E-state index is 0.873. The molecule has 0 atom stereocenters. The third-order valence-corrected chi connectivity index (χ3v) is 6.55. The highest BCUT2D eigenvalue weighted by molar-refractivity contribution is 6.90. The number of hydrogen-bond acceptors (Lipinski definition) is 2. The van der Waals surface area contributed by atoms with E-state index in [0.29, 0.717) is 0 Å². The maximum Gasteiger partial charge on any atom is 0.0857 e. The summed E-state index contributed by atoms with van der Waals surface area (Å²) in [5.41, 5.74) is 1.76. The van der Waals surface area contributed by atoms with Crippen LogP contribution in [0.2, 0.25) is 19.1 Å². The van der Waals surface area contributed by atoms with E-state index in [1.54, 1.807) is 0 Å². The Hall–Kier alpha value is -2.00. The molecule has 0 saturated heterocycles. The van der Waals surface area contributed by atoms with E-state index >= 15 is 0 Å². The molecule has 2 aromatic carbocycles. The van der Waals surface area contributed by atoms with Crippen molar-refractivity contribution in [1.29, 1.82) is 0 Å². The van der Waals surface area contributed by atoms with Crippen molar-refractivity contribution in [3.05, 3.63) is 67.3 Å². The van der Waals surface area contributed by atoms with Gasteiger partial charge in [0.15, 0.2) is 0 Å². The standard InChI is InChI=1S/C17H20N2Si/c1-4-14-20(2,3)17-12-10-16(11-13-17)19-18-15-8-6-5-7-9-15/h4-13H,1,14H2,2-3H3. The highest BCUT2D eigenvalue weighted by Gasteiger charge is 2.21. The fraction of sp³-hybridized carbons (Fsp3) is 0.176. The van der Waals surface area contributed by atoms with Crippen LogP contribution >= 0.6 is 0 Å². The van der Waals surface area contributed by atoms with Gasteiger partial charge in [0.2, 0.25) is 0 Å². The molecule has 2 rings (SSSR count). The zero-order valence-corrected chi connectivity index (χ0v) is 13.1. The van der Waals surface area contributed by atoms with E-state index in [1.165, 1.54) is 5.19 Å². The lowest BCUT2D eigenvalue weighted by Gasteiger charge is -2.20. The van der Waals surface area contributed by atoms with Crippen molar-refractivity contribution >= 4 is 24.6 Å². The van der Waals surface area contributed by atoms with Crippen LogP contribution in [0.1, 0.15) is 0 Å². The number of hydrogen-bond donors (Lipinski definition) is 0. The lowest BCUT2D eigenvalue weighted by molar-refractivity contribution is 1.23. The highest BCUT2D eigenvalue weighted by Crippen LogP contribution is 2.18. The first kappa shape index (κ1) is 14.4. The molecule has 0 aliphatic rings. The van der Waals surface area contributed by atoms with Crippen molar-refractivity contribution in [3.63, 3.8) is 0 Å². The molecule has 2 aromatic rings. The van der Waals surface area contributed by atoms with Gasteiger partial charge in [0, 0.05) is 0 Å². The van der Waals surface area contributed by atoms with E-state index in [1.807, 2.05) is 48.5 Å². The molecular weight excluding hydrogens is 260 g/mol. The zero-order chi connectivity index (χ0) is 14.4. The Morgan fingerprint density at radius 3 is 2.00 bits per heavy atom. The van der Waals surface area contributed by atoms with Gasteiger partial charge in [0.1, 0.15) is 0 Å². The van der Waals surface area contributed by atoms with Crippen molar-refractivity contribution in [3.8, 4) is 0 Å². The van der Waals surface area contributed by atoms with Gasteiger partial charge in [0.25, 0.3) is 0 Å². The average molecular weight is 280 g/mol. The van der Waals surface area contributed by atoms with Gasteiger partial charge in [-0.05, 0) is 30.3 Å². The molecule has 0 amide bonds. The summed E-state index contributed by atoms with van der Waals surface area (Å²) in [6.07, 6.45) is 2.02. The molecule has 0 aliphatic heterocycles. The summed E-state index contributed by atoms with van der Waals surface area (Å²) < 4.78 is 0. The molecule has 0 aliphatic carbocycles. The lowest BCUT2D eigenvalue weighted by atomic mass is 10.3. The van der Waals surface area contributed by atoms with Crippen LogP contribution in [0.3, 0.4) is 0 Å². The summed E-state index contributed by atoms with van der Waals surface area (Å²) in [5.74, 6) is 0. The van der Waals surface area contributed by atoms with Gasteiger partial charge in [-0.25, -0.2) is 0 Å². The molecule has 0 unspecified atom stereocenters. The Kier molecular flexibility index (Phi) is 4.64. The largest absolute Gasteiger partial charge is 0.151 e. The van der Waals surface area contributed by atoms with E-state index in [2.05, 4.69) is 42.0 Å². The van der Waals surface area contributed by atoms with Gasteiger partial charge < -0.3 is 0 Å². The number of azo groups is 1. The minimum atomic E-state index is -1.38. The summed E-state index contributed by atoms with van der Waals surface area (Å²) in [4.78, 5) is 0. The minimum Gasteiger partial charge on any atom is -0.151 e. The Labute approximate surface area is 121 Å². The predicted molar refractivity (Wildman–Crippen MR) is 89.2 cm³/mol. The van der Waals surface area contributed by atoms with Gasteiger partial charge in [-0.1, -0.05) is 54.7 Å². The van der Waals surface area contributed by atoms with Crippen LogP contribution in [0.25, 0.3) is 0 Å². The highest BCUT2D eigenvalue weighted by atomic mass is 28.3. The van der Waals surface area contributed by atoms with E-state index in [0.717, 1.165) is 17.4 Å². The molecule has 0 saturated carbocycles.